The molecule has 3 aliphatic rings. The van der Waals surface area contributed by atoms with Crippen molar-refractivity contribution in [3.05, 3.63) is 75.6 Å². The third-order valence-electron chi connectivity index (χ3n) is 9.63. The number of methoxy groups -OCH3 is 1. The number of amides is 3. The number of halogens is 2. The fourth-order valence-corrected chi connectivity index (χ4v) is 7.61. The summed E-state index contributed by atoms with van der Waals surface area (Å²) in [5.41, 5.74) is 10.1. The van der Waals surface area contributed by atoms with E-state index in [1.807, 2.05) is 12.1 Å². The van der Waals surface area contributed by atoms with Crippen molar-refractivity contribution in [1.82, 2.24) is 20.5 Å². The number of benzene rings is 2. The van der Waals surface area contributed by atoms with Crippen LogP contribution in [0.15, 0.2) is 48.0 Å². The molecule has 1 spiro atoms. The fraction of sp³-hybridized carbons (Fsp3) is 0.371. The lowest BCUT2D eigenvalue weighted by Gasteiger charge is -2.28. The molecular weight excluding hydrogens is 623 g/mol. The fourth-order valence-electron chi connectivity index (χ4n) is 7.29. The van der Waals surface area contributed by atoms with Gasteiger partial charge >= 0.3 is 0 Å². The molecule has 1 aromatic heterocycles. The van der Waals surface area contributed by atoms with Crippen LogP contribution >= 0.6 is 11.6 Å². The first-order chi connectivity index (χ1) is 22.6. The molecule has 6 rings (SSSR count). The van der Waals surface area contributed by atoms with E-state index >= 15 is 4.39 Å². The quantitative estimate of drug-likeness (QED) is 0.159. The summed E-state index contributed by atoms with van der Waals surface area (Å²) in [4.78, 5) is 44.6. The molecule has 3 heterocycles. The number of nitrogens with one attached hydrogen (secondary N) is 3. The van der Waals surface area contributed by atoms with Crippen LogP contribution in [-0.2, 0) is 20.8 Å². The first-order valence-corrected chi connectivity index (χ1v) is 16.1. The van der Waals surface area contributed by atoms with E-state index in [-0.39, 0.29) is 35.2 Å². The molecule has 2 fully saturated rings. The number of carbonyl (C=O) groups is 3. The van der Waals surface area contributed by atoms with Gasteiger partial charge in [-0.1, -0.05) is 35.9 Å². The van der Waals surface area contributed by atoms with Crippen molar-refractivity contribution in [2.24, 2.45) is 5.73 Å². The van der Waals surface area contributed by atoms with Crippen LogP contribution in [0.25, 0.3) is 22.4 Å². The van der Waals surface area contributed by atoms with Crippen LogP contribution in [0.1, 0.15) is 48.4 Å². The topological polar surface area (TPSA) is 139 Å². The number of ether oxygens (including phenoxy) is 1. The van der Waals surface area contributed by atoms with Crippen molar-refractivity contribution < 1.29 is 23.5 Å². The van der Waals surface area contributed by atoms with Crippen LogP contribution in [0.4, 0.5) is 10.1 Å². The summed E-state index contributed by atoms with van der Waals surface area (Å²) in [6.07, 6.45) is 5.45. The van der Waals surface area contributed by atoms with Crippen molar-refractivity contribution in [2.75, 3.05) is 39.1 Å². The number of aromatic nitrogens is 1. The van der Waals surface area contributed by atoms with Crippen molar-refractivity contribution >= 4 is 35.0 Å². The highest BCUT2D eigenvalue weighted by atomic mass is 35.5. The van der Waals surface area contributed by atoms with E-state index < -0.39 is 17.6 Å². The van der Waals surface area contributed by atoms with E-state index in [0.717, 1.165) is 49.9 Å². The van der Waals surface area contributed by atoms with Gasteiger partial charge in [-0.05, 0) is 61.9 Å². The number of pyridine rings is 1. The maximum atomic E-state index is 15.5. The van der Waals surface area contributed by atoms with Gasteiger partial charge in [0.1, 0.15) is 11.4 Å². The van der Waals surface area contributed by atoms with Gasteiger partial charge in [-0.15, -0.1) is 0 Å². The number of carbonyl (C=O) groups excluding carboxylic acids is 3. The van der Waals surface area contributed by atoms with Crippen molar-refractivity contribution in [1.29, 1.82) is 0 Å². The van der Waals surface area contributed by atoms with Crippen LogP contribution in [0.3, 0.4) is 0 Å². The molecule has 3 aromatic rings. The zero-order valence-electron chi connectivity index (χ0n) is 26.6. The molecule has 1 aliphatic carbocycles. The van der Waals surface area contributed by atoms with E-state index in [4.69, 9.17) is 27.1 Å². The molecule has 3 amide bonds. The second-order valence-electron chi connectivity index (χ2n) is 12.3. The molecule has 0 radical (unpaired) electrons. The largest absolute Gasteiger partial charge is 0.481 e. The van der Waals surface area contributed by atoms with Crippen molar-refractivity contribution in [3.8, 4) is 28.3 Å². The lowest BCUT2D eigenvalue weighted by molar-refractivity contribution is -0.121. The normalized spacial score (nSPS) is 20.8. The van der Waals surface area contributed by atoms with Gasteiger partial charge in [0.25, 0.3) is 11.8 Å². The third-order valence-corrected chi connectivity index (χ3v) is 10.0. The molecule has 0 bridgehead atoms. The molecule has 2 atom stereocenters. The van der Waals surface area contributed by atoms with Crippen LogP contribution in [0.2, 0.25) is 5.02 Å². The summed E-state index contributed by atoms with van der Waals surface area (Å²) < 4.78 is 21.4. The minimum atomic E-state index is -0.667. The van der Waals surface area contributed by atoms with Gasteiger partial charge in [-0.25, -0.2) is 9.37 Å². The molecule has 2 saturated heterocycles. The maximum absolute atomic E-state index is 15.5. The molecule has 47 heavy (non-hydrogen) atoms. The average Bonchev–Trinajstić information content (AvgIpc) is 3.78. The number of rotatable bonds is 8. The second kappa shape index (κ2) is 13.1. The van der Waals surface area contributed by atoms with Crippen molar-refractivity contribution in [2.45, 2.75) is 50.6 Å². The minimum Gasteiger partial charge on any atom is -0.481 e. The number of fused-ring (bicyclic) bond motifs is 1. The number of nitrogens with two attached hydrogens (primary N) is 1. The van der Waals surface area contributed by atoms with Gasteiger partial charge in [0.15, 0.2) is 0 Å². The van der Waals surface area contributed by atoms with Gasteiger partial charge in [-0.2, -0.15) is 0 Å². The van der Waals surface area contributed by atoms with Gasteiger partial charge in [-0.3, -0.25) is 19.3 Å². The van der Waals surface area contributed by atoms with Crippen LogP contribution < -0.4 is 26.4 Å². The lowest BCUT2D eigenvalue weighted by atomic mass is 9.95. The van der Waals surface area contributed by atoms with Gasteiger partial charge in [0.2, 0.25) is 11.8 Å². The van der Waals surface area contributed by atoms with E-state index in [2.05, 4.69) is 20.9 Å². The Kier molecular flexibility index (Phi) is 9.06. The molecule has 2 aliphatic heterocycles. The number of anilines is 1. The smallest absolute Gasteiger partial charge is 0.260 e. The summed E-state index contributed by atoms with van der Waals surface area (Å²) >= 11 is 7.04. The number of likely N-dealkylation sites (tertiary alicyclic amines) is 1. The zero-order valence-corrected chi connectivity index (χ0v) is 27.4. The Morgan fingerprint density at radius 2 is 2.00 bits per heavy atom. The average molecular weight is 661 g/mol. The molecule has 2 aromatic carbocycles. The van der Waals surface area contributed by atoms with Crippen LogP contribution in [0.5, 0.6) is 5.88 Å². The standard InChI is InChI=1S/C35H38ClFN6O4/c1-19-25(40-33(46)23(12-15-38)32(45)39-2)9-8-24(37)29(19)22-6-4-5-21(31(22)36)26-17-20-7-10-27(30(20)34(41-26)47-3)43-16-14-35(18-43)13-11-28(44)42-35/h4-6,8-9,12,17,27H,7,10-11,13-16,18,38H2,1-3H3,(H,39,45)(H,40,46)(H,42,44)/b23-12+. The summed E-state index contributed by atoms with van der Waals surface area (Å²) in [7, 11) is 3.03. The highest BCUT2D eigenvalue weighted by molar-refractivity contribution is 6.36. The zero-order chi connectivity index (χ0) is 33.5. The van der Waals surface area contributed by atoms with Gasteiger partial charge in [0, 0.05) is 67.1 Å². The Bertz CT molecular complexity index is 1810. The Morgan fingerprint density at radius 3 is 2.70 bits per heavy atom. The highest BCUT2D eigenvalue weighted by Gasteiger charge is 2.46. The molecule has 0 saturated carbocycles. The number of nitrogens with zero attached hydrogens (tertiary/aromatic N) is 2. The minimum absolute atomic E-state index is 0.00695. The first-order valence-electron chi connectivity index (χ1n) is 15.7. The lowest BCUT2D eigenvalue weighted by Crippen LogP contribution is -2.44. The number of hydrogen-bond acceptors (Lipinski definition) is 7. The van der Waals surface area contributed by atoms with E-state index in [0.29, 0.717) is 45.4 Å². The Labute approximate surface area is 277 Å². The van der Waals surface area contributed by atoms with E-state index in [9.17, 15) is 14.4 Å². The summed E-state index contributed by atoms with van der Waals surface area (Å²) in [5.74, 6) is -1.11. The number of likely N-dealkylation sites (N-methyl/N-ethyl adjacent to an activating group) is 1. The maximum Gasteiger partial charge on any atom is 0.260 e. The molecular formula is C35H38ClFN6O4. The predicted octanol–water partition coefficient (Wildman–Crippen LogP) is 4.44. The van der Waals surface area contributed by atoms with Gasteiger partial charge < -0.3 is 26.4 Å². The van der Waals surface area contributed by atoms with Crippen LogP contribution in [-0.4, -0.2) is 66.9 Å². The highest BCUT2D eigenvalue weighted by Crippen LogP contribution is 2.47. The molecule has 12 heteroatoms. The Balaban J connectivity index is 1.32. The SMILES string of the molecule is CNC(=O)/C(=C\CN)C(=O)Nc1ccc(F)c(-c2cccc(-c3cc4c(c(OC)n3)C(N3CCC5(CCC(=O)N5)C3)CC4)c2Cl)c1C. The van der Waals surface area contributed by atoms with E-state index in [1.165, 1.54) is 25.3 Å². The number of hydrogen-bond donors (Lipinski definition) is 4. The third kappa shape index (κ3) is 5.99. The first kappa shape index (κ1) is 32.6. The summed E-state index contributed by atoms with van der Waals surface area (Å²) in [6.45, 7) is 3.37. The van der Waals surface area contributed by atoms with Crippen molar-refractivity contribution in [3.63, 3.8) is 0 Å². The molecule has 10 nitrogen and oxygen atoms in total. The van der Waals surface area contributed by atoms with Crippen LogP contribution in [0, 0.1) is 12.7 Å². The summed E-state index contributed by atoms with van der Waals surface area (Å²) in [6, 6.07) is 10.2. The summed E-state index contributed by atoms with van der Waals surface area (Å²) in [5, 5.41) is 8.66. The molecule has 2 unspecified atom stereocenters. The van der Waals surface area contributed by atoms with E-state index in [1.54, 1.807) is 26.2 Å². The Morgan fingerprint density at radius 1 is 1.21 bits per heavy atom. The molecule has 5 N–H and O–H groups in total. The molecule has 246 valence electrons. The monoisotopic (exact) mass is 660 g/mol. The number of aryl methyl sites for hydroxylation is 1. The van der Waals surface area contributed by atoms with Gasteiger partial charge in [0.05, 0.1) is 23.4 Å². The second-order valence-corrected chi connectivity index (χ2v) is 12.7. The Hall–Kier alpha value is -4.32. The predicted molar refractivity (Wildman–Crippen MR) is 179 cm³/mol.